The van der Waals surface area contributed by atoms with Gasteiger partial charge in [0.2, 0.25) is 11.8 Å². The van der Waals surface area contributed by atoms with Crippen molar-refractivity contribution in [3.05, 3.63) is 71.4 Å². The zero-order valence-corrected chi connectivity index (χ0v) is 36.4. The summed E-state index contributed by atoms with van der Waals surface area (Å²) >= 11 is 0. The van der Waals surface area contributed by atoms with E-state index in [9.17, 15) is 19.2 Å². The van der Waals surface area contributed by atoms with Crippen molar-refractivity contribution >= 4 is 45.8 Å². The summed E-state index contributed by atoms with van der Waals surface area (Å²) in [4.78, 5) is 73.2. The van der Waals surface area contributed by atoms with E-state index in [1.54, 1.807) is 11.8 Å². The van der Waals surface area contributed by atoms with E-state index in [0.717, 1.165) is 81.4 Å². The number of likely N-dealkylation sites (tertiary alicyclic amines) is 2. The van der Waals surface area contributed by atoms with Crippen molar-refractivity contribution < 1.29 is 42.9 Å². The second-order valence-corrected chi connectivity index (χ2v) is 17.2. The highest BCUT2D eigenvalue weighted by molar-refractivity contribution is 6.05. The molecule has 17 nitrogen and oxygen atoms in total. The summed E-state index contributed by atoms with van der Waals surface area (Å²) < 4.78 is 27.3. The Morgan fingerprint density at radius 1 is 0.812 bits per heavy atom. The van der Waals surface area contributed by atoms with Gasteiger partial charge < -0.3 is 54.1 Å². The maximum absolute atomic E-state index is 14.2. The van der Waals surface area contributed by atoms with Crippen molar-refractivity contribution in [2.45, 2.75) is 96.4 Å². The Kier molecular flexibility index (Phi) is 12.4. The van der Waals surface area contributed by atoms with E-state index in [-0.39, 0.29) is 37.7 Å². The largest absolute Gasteiger partial charge is 0.453 e. The summed E-state index contributed by atoms with van der Waals surface area (Å²) in [6, 6.07) is 14.6. The molecule has 2 aromatic heterocycles. The number of H-pyrrole nitrogens is 2. The van der Waals surface area contributed by atoms with Crippen LogP contribution in [0.25, 0.3) is 44.2 Å². The number of carbonyl (C=O) groups is 4. The minimum Gasteiger partial charge on any atom is -0.453 e. The molecule has 9 rings (SSSR count). The SMILES string of the molecule is C.COC(=O)NC(C(=O)N1CC2(C[C@H]1c1nc3c([nH]1)CCc1cc(-c4ccc5c(ccc6[nH]c([C@@H]7CCCN7C(=O)[C@@H](NC(=O)OC)C(C)C)nc65)c4)ccc1-3)OCCO2)[C@@H](C)OC. The summed E-state index contributed by atoms with van der Waals surface area (Å²) in [6.45, 7) is 7.13. The number of benzene rings is 3. The first-order chi connectivity index (χ1) is 30.4. The van der Waals surface area contributed by atoms with Crippen LogP contribution in [0, 0.1) is 5.92 Å². The molecular formula is C47H58N8O9. The summed E-state index contributed by atoms with van der Waals surface area (Å²) in [7, 11) is 4.03. The Morgan fingerprint density at radius 3 is 2.22 bits per heavy atom. The monoisotopic (exact) mass is 878 g/mol. The van der Waals surface area contributed by atoms with Crippen LogP contribution in [0.2, 0.25) is 0 Å². The van der Waals surface area contributed by atoms with Crippen LogP contribution < -0.4 is 10.6 Å². The van der Waals surface area contributed by atoms with E-state index in [0.29, 0.717) is 32.0 Å². The number of methoxy groups -OCH3 is 3. The van der Waals surface area contributed by atoms with E-state index in [2.05, 4.69) is 63.1 Å². The number of fused-ring (bicyclic) bond motifs is 6. The molecule has 1 spiro atoms. The van der Waals surface area contributed by atoms with E-state index >= 15 is 0 Å². The van der Waals surface area contributed by atoms with Crippen LogP contribution in [0.1, 0.15) is 82.5 Å². The normalized spacial score (nSPS) is 20.2. The molecule has 5 atom stereocenters. The fourth-order valence-corrected chi connectivity index (χ4v) is 9.71. The lowest BCUT2D eigenvalue weighted by Crippen LogP contribution is -2.54. The number of aromatic nitrogens is 4. The topological polar surface area (TPSA) is 202 Å². The number of imidazole rings is 2. The predicted molar refractivity (Wildman–Crippen MR) is 238 cm³/mol. The molecule has 3 saturated heterocycles. The number of nitrogens with zero attached hydrogens (tertiary/aromatic N) is 4. The zero-order chi connectivity index (χ0) is 44.2. The van der Waals surface area contributed by atoms with Crippen LogP contribution in [0.4, 0.5) is 9.59 Å². The molecular weight excluding hydrogens is 821 g/mol. The molecule has 0 saturated carbocycles. The van der Waals surface area contributed by atoms with Crippen LogP contribution in [0.15, 0.2) is 48.5 Å². The van der Waals surface area contributed by atoms with Gasteiger partial charge in [0.05, 0.1) is 68.9 Å². The smallest absolute Gasteiger partial charge is 0.407 e. The standard InChI is InChI=1S/C46H54N8O9.CH4/c1-24(2)36(51-44(57)60-5)42(55)53-17-7-8-34(53)40-47-32-15-11-28-20-26(9-13-30(28)38(32)49-40)27-10-14-31-29(21-27)12-16-33-39(31)50-41(48-33)35-22-46(62-18-19-63-46)23-54(35)43(56)37(25(3)59-4)52-45(58)61-6;/h9-11,13-15,20-21,24-25,34-37H,7-8,12,16-19,22-23H2,1-6H3,(H,47,49)(H,48,50)(H,51,57)(H,52,58);1H4/t25-,34+,35+,36+,37?;/m1./s1. The van der Waals surface area contributed by atoms with E-state index in [1.807, 2.05) is 24.8 Å². The number of ether oxygens (including phenoxy) is 5. The molecule has 4 N–H and O–H groups in total. The van der Waals surface area contributed by atoms with E-state index in [4.69, 9.17) is 33.7 Å². The summed E-state index contributed by atoms with van der Waals surface area (Å²) in [6.07, 6.45) is 1.53. The van der Waals surface area contributed by atoms with Crippen molar-refractivity contribution in [3.63, 3.8) is 0 Å². The number of aromatic amines is 2. The van der Waals surface area contributed by atoms with Crippen molar-refractivity contribution in [1.29, 1.82) is 0 Å². The molecule has 3 aliphatic heterocycles. The van der Waals surface area contributed by atoms with E-state index < -0.39 is 42.2 Å². The second kappa shape index (κ2) is 17.9. The first kappa shape index (κ1) is 44.6. The number of amides is 4. The van der Waals surface area contributed by atoms with Crippen LogP contribution in [0.3, 0.4) is 0 Å². The van der Waals surface area contributed by atoms with Gasteiger partial charge in [0.25, 0.3) is 0 Å². The van der Waals surface area contributed by atoms with Crippen molar-refractivity contribution in [3.8, 4) is 22.4 Å². The van der Waals surface area contributed by atoms with Crippen LogP contribution in [-0.4, -0.2) is 125 Å². The maximum atomic E-state index is 14.2. The van der Waals surface area contributed by atoms with Crippen molar-refractivity contribution in [2.75, 3.05) is 47.6 Å². The van der Waals surface area contributed by atoms with Gasteiger partial charge in [-0.15, -0.1) is 0 Å². The maximum Gasteiger partial charge on any atom is 0.407 e. The van der Waals surface area contributed by atoms with Crippen LogP contribution in [-0.2, 0) is 46.1 Å². The molecule has 4 amide bonds. The fourth-order valence-electron chi connectivity index (χ4n) is 9.71. The number of nitrogens with one attached hydrogen (secondary N) is 4. The van der Waals surface area contributed by atoms with Gasteiger partial charge in [-0.05, 0) is 72.7 Å². The molecule has 4 aliphatic rings. The summed E-state index contributed by atoms with van der Waals surface area (Å²) in [5.41, 5.74) is 7.95. The lowest BCUT2D eigenvalue weighted by atomic mass is 9.89. The fraction of sp³-hybridized carbons (Fsp3) is 0.489. The van der Waals surface area contributed by atoms with Gasteiger partial charge in [-0.3, -0.25) is 9.59 Å². The third-order valence-electron chi connectivity index (χ3n) is 13.1. The van der Waals surface area contributed by atoms with Crippen molar-refractivity contribution in [2.24, 2.45) is 5.92 Å². The molecule has 17 heteroatoms. The second-order valence-electron chi connectivity index (χ2n) is 17.2. The Balaban J connectivity index is 0.00000560. The number of aryl methyl sites for hydroxylation is 2. The van der Waals surface area contributed by atoms with Crippen LogP contribution in [0.5, 0.6) is 0 Å². The lowest BCUT2D eigenvalue weighted by molar-refractivity contribution is -0.154. The number of alkyl carbamates (subject to hydrolysis) is 2. The van der Waals surface area contributed by atoms with Gasteiger partial charge in [-0.25, -0.2) is 19.6 Å². The average molecular weight is 879 g/mol. The number of carbonyl (C=O) groups excluding carboxylic acids is 4. The molecule has 3 fully saturated rings. The molecule has 5 aromatic rings. The van der Waals surface area contributed by atoms with E-state index in [1.165, 1.54) is 26.9 Å². The third-order valence-corrected chi connectivity index (χ3v) is 13.1. The van der Waals surface area contributed by atoms with Crippen molar-refractivity contribution in [1.82, 2.24) is 40.4 Å². The molecule has 3 aromatic carbocycles. The number of hydrogen-bond donors (Lipinski definition) is 4. The highest BCUT2D eigenvalue weighted by atomic mass is 16.7. The molecule has 340 valence electrons. The minimum atomic E-state index is -1.01. The Morgan fingerprint density at radius 2 is 1.50 bits per heavy atom. The van der Waals surface area contributed by atoms with Gasteiger partial charge in [-0.2, -0.15) is 0 Å². The van der Waals surface area contributed by atoms with Gasteiger partial charge in [0, 0.05) is 36.7 Å². The molecule has 5 heterocycles. The Bertz CT molecular complexity index is 2580. The average Bonchev–Trinajstić information content (AvgIpc) is 4.16. The highest BCUT2D eigenvalue weighted by Gasteiger charge is 2.53. The molecule has 1 unspecified atom stereocenters. The summed E-state index contributed by atoms with van der Waals surface area (Å²) in [5.74, 6) is -0.224. The molecule has 64 heavy (non-hydrogen) atoms. The lowest BCUT2D eigenvalue weighted by Gasteiger charge is -2.30. The highest BCUT2D eigenvalue weighted by Crippen LogP contribution is 2.44. The van der Waals surface area contributed by atoms with Gasteiger partial charge >= 0.3 is 12.2 Å². The summed E-state index contributed by atoms with van der Waals surface area (Å²) in [5, 5.41) is 7.42. The first-order valence-corrected chi connectivity index (χ1v) is 21.7. The number of rotatable bonds is 10. The predicted octanol–water partition coefficient (Wildman–Crippen LogP) is 6.33. The molecule has 0 radical (unpaired) electrons. The van der Waals surface area contributed by atoms with Gasteiger partial charge in [0.1, 0.15) is 23.7 Å². The zero-order valence-electron chi connectivity index (χ0n) is 36.4. The quantitative estimate of drug-likeness (QED) is 0.122. The molecule has 1 aliphatic carbocycles. The number of hydrogen-bond acceptors (Lipinski definition) is 11. The Hall–Kier alpha value is -6.04. The Labute approximate surface area is 371 Å². The third kappa shape index (κ3) is 8.04. The first-order valence-electron chi connectivity index (χ1n) is 21.7. The minimum absolute atomic E-state index is 0. The van der Waals surface area contributed by atoms with Gasteiger partial charge in [0.15, 0.2) is 5.79 Å². The molecule has 0 bridgehead atoms. The van der Waals surface area contributed by atoms with Crippen LogP contribution >= 0.6 is 0 Å². The van der Waals surface area contributed by atoms with Gasteiger partial charge in [-0.1, -0.05) is 57.7 Å².